The minimum Gasteiger partial charge on any atom is -0.455 e. The normalized spacial score (nSPS) is 15.3. The maximum Gasteiger partial charge on any atom is 0.289 e. The molecule has 0 saturated carbocycles. The first kappa shape index (κ1) is 13.6. The van der Waals surface area contributed by atoms with Gasteiger partial charge in [0.1, 0.15) is 5.76 Å². The number of rotatable bonds is 3. The molecule has 2 aromatic rings. The van der Waals surface area contributed by atoms with Crippen molar-refractivity contribution in [2.75, 3.05) is 31.1 Å². The van der Waals surface area contributed by atoms with Crippen molar-refractivity contribution in [2.24, 2.45) is 5.73 Å². The van der Waals surface area contributed by atoms with Crippen molar-refractivity contribution in [1.29, 1.82) is 0 Å². The lowest BCUT2D eigenvalue weighted by atomic mass is 10.3. The van der Waals surface area contributed by atoms with Crippen molar-refractivity contribution < 1.29 is 9.21 Å². The maximum atomic E-state index is 12.3. The van der Waals surface area contributed by atoms with E-state index in [2.05, 4.69) is 14.9 Å². The number of hydrogen-bond donors (Lipinski definition) is 1. The Morgan fingerprint density at radius 2 is 1.90 bits per heavy atom. The van der Waals surface area contributed by atoms with Gasteiger partial charge in [0.25, 0.3) is 5.91 Å². The van der Waals surface area contributed by atoms with E-state index >= 15 is 0 Å². The van der Waals surface area contributed by atoms with Gasteiger partial charge in [-0.1, -0.05) is 0 Å². The Hall–Kier alpha value is -2.41. The first-order valence-electron chi connectivity index (χ1n) is 6.88. The molecule has 1 fully saturated rings. The Bertz CT molecular complexity index is 605. The highest BCUT2D eigenvalue weighted by Gasteiger charge is 2.25. The monoisotopic (exact) mass is 287 g/mol. The SMILES string of the molecule is NCc1ccc(C(=O)N2CCN(c3ncccn3)CC2)o1. The van der Waals surface area contributed by atoms with Gasteiger partial charge in [-0.15, -0.1) is 0 Å². The topological polar surface area (TPSA) is 88.5 Å². The highest BCUT2D eigenvalue weighted by molar-refractivity contribution is 5.91. The van der Waals surface area contributed by atoms with Gasteiger partial charge in [-0.25, -0.2) is 9.97 Å². The number of carbonyl (C=O) groups excluding carboxylic acids is 1. The molecule has 1 amide bonds. The average Bonchev–Trinajstić information content (AvgIpc) is 3.04. The molecule has 2 N–H and O–H groups in total. The highest BCUT2D eigenvalue weighted by Crippen LogP contribution is 2.14. The van der Waals surface area contributed by atoms with Gasteiger partial charge in [0.15, 0.2) is 5.76 Å². The Morgan fingerprint density at radius 3 is 2.52 bits per heavy atom. The van der Waals surface area contributed by atoms with E-state index in [1.165, 1.54) is 0 Å². The van der Waals surface area contributed by atoms with E-state index in [4.69, 9.17) is 10.2 Å². The summed E-state index contributed by atoms with van der Waals surface area (Å²) in [7, 11) is 0. The fourth-order valence-corrected chi connectivity index (χ4v) is 2.32. The summed E-state index contributed by atoms with van der Waals surface area (Å²) in [6, 6.07) is 5.20. The molecule has 0 bridgehead atoms. The molecule has 0 radical (unpaired) electrons. The van der Waals surface area contributed by atoms with Crippen LogP contribution in [-0.4, -0.2) is 47.0 Å². The van der Waals surface area contributed by atoms with Gasteiger partial charge in [-0.3, -0.25) is 4.79 Å². The van der Waals surface area contributed by atoms with E-state index in [0.29, 0.717) is 50.2 Å². The van der Waals surface area contributed by atoms with Crippen LogP contribution in [-0.2, 0) is 6.54 Å². The Balaban J connectivity index is 1.61. The summed E-state index contributed by atoms with van der Waals surface area (Å²) in [5.41, 5.74) is 5.49. The zero-order chi connectivity index (χ0) is 14.7. The van der Waals surface area contributed by atoms with E-state index in [1.54, 1.807) is 35.5 Å². The molecule has 1 aliphatic heterocycles. The lowest BCUT2D eigenvalue weighted by Gasteiger charge is -2.34. The Labute approximate surface area is 122 Å². The first-order valence-corrected chi connectivity index (χ1v) is 6.88. The van der Waals surface area contributed by atoms with E-state index < -0.39 is 0 Å². The molecule has 3 rings (SSSR count). The predicted molar refractivity (Wildman–Crippen MR) is 76.7 cm³/mol. The van der Waals surface area contributed by atoms with Crippen LogP contribution in [0.25, 0.3) is 0 Å². The molecule has 2 aromatic heterocycles. The van der Waals surface area contributed by atoms with E-state index in [1.807, 2.05) is 0 Å². The van der Waals surface area contributed by atoms with Gasteiger partial charge in [0, 0.05) is 38.6 Å². The van der Waals surface area contributed by atoms with Crippen LogP contribution in [0.4, 0.5) is 5.95 Å². The van der Waals surface area contributed by atoms with E-state index in [9.17, 15) is 4.79 Å². The molecule has 110 valence electrons. The molecule has 1 aliphatic rings. The third-order valence-corrected chi connectivity index (χ3v) is 3.48. The zero-order valence-electron chi connectivity index (χ0n) is 11.6. The summed E-state index contributed by atoms with van der Waals surface area (Å²) in [6.07, 6.45) is 3.44. The van der Waals surface area contributed by atoms with Crippen molar-refractivity contribution in [2.45, 2.75) is 6.54 Å². The van der Waals surface area contributed by atoms with Crippen molar-refractivity contribution in [3.63, 3.8) is 0 Å². The first-order chi connectivity index (χ1) is 10.3. The van der Waals surface area contributed by atoms with Crippen molar-refractivity contribution in [3.8, 4) is 0 Å². The number of nitrogens with two attached hydrogens (primary N) is 1. The van der Waals surface area contributed by atoms with Gasteiger partial charge in [0.05, 0.1) is 6.54 Å². The van der Waals surface area contributed by atoms with Crippen molar-refractivity contribution in [1.82, 2.24) is 14.9 Å². The quantitative estimate of drug-likeness (QED) is 0.884. The minimum absolute atomic E-state index is 0.0941. The summed E-state index contributed by atoms with van der Waals surface area (Å²) in [5, 5.41) is 0. The van der Waals surface area contributed by atoms with Gasteiger partial charge in [0.2, 0.25) is 5.95 Å². The molecule has 21 heavy (non-hydrogen) atoms. The predicted octanol–water partition coefficient (Wildman–Crippen LogP) is 0.491. The van der Waals surface area contributed by atoms with Crippen LogP contribution in [0.5, 0.6) is 0 Å². The smallest absolute Gasteiger partial charge is 0.289 e. The van der Waals surface area contributed by atoms with Gasteiger partial charge < -0.3 is 20.0 Å². The Kier molecular flexibility index (Phi) is 3.83. The second-order valence-corrected chi connectivity index (χ2v) is 4.80. The summed E-state index contributed by atoms with van der Waals surface area (Å²) in [5.74, 6) is 1.57. The van der Waals surface area contributed by atoms with Crippen LogP contribution in [0.2, 0.25) is 0 Å². The molecule has 0 unspecified atom stereocenters. The summed E-state index contributed by atoms with van der Waals surface area (Å²) in [6.45, 7) is 2.96. The van der Waals surface area contributed by atoms with Crippen LogP contribution >= 0.6 is 0 Å². The van der Waals surface area contributed by atoms with Crippen molar-refractivity contribution >= 4 is 11.9 Å². The molecule has 0 aromatic carbocycles. The Morgan fingerprint density at radius 1 is 1.19 bits per heavy atom. The largest absolute Gasteiger partial charge is 0.455 e. The molecule has 3 heterocycles. The second-order valence-electron chi connectivity index (χ2n) is 4.80. The van der Waals surface area contributed by atoms with E-state index in [0.717, 1.165) is 0 Å². The molecule has 0 aliphatic carbocycles. The van der Waals surface area contributed by atoms with E-state index in [-0.39, 0.29) is 5.91 Å². The van der Waals surface area contributed by atoms with Gasteiger partial charge in [-0.2, -0.15) is 0 Å². The van der Waals surface area contributed by atoms with Crippen LogP contribution < -0.4 is 10.6 Å². The molecular formula is C14H17N5O2. The summed E-state index contributed by atoms with van der Waals surface area (Å²) < 4.78 is 5.40. The van der Waals surface area contributed by atoms with Crippen LogP contribution in [0, 0.1) is 0 Å². The molecular weight excluding hydrogens is 270 g/mol. The summed E-state index contributed by atoms with van der Waals surface area (Å²) in [4.78, 5) is 24.6. The molecule has 1 saturated heterocycles. The van der Waals surface area contributed by atoms with Crippen LogP contribution in [0.3, 0.4) is 0 Å². The zero-order valence-corrected chi connectivity index (χ0v) is 11.6. The number of anilines is 1. The highest BCUT2D eigenvalue weighted by atomic mass is 16.4. The van der Waals surface area contributed by atoms with Crippen LogP contribution in [0.15, 0.2) is 35.0 Å². The maximum absolute atomic E-state index is 12.3. The van der Waals surface area contributed by atoms with Crippen molar-refractivity contribution in [3.05, 3.63) is 42.1 Å². The van der Waals surface area contributed by atoms with Gasteiger partial charge >= 0.3 is 0 Å². The number of carbonyl (C=O) groups is 1. The third-order valence-electron chi connectivity index (χ3n) is 3.48. The third kappa shape index (κ3) is 2.87. The molecule has 7 heteroatoms. The number of piperazine rings is 1. The standard InChI is InChI=1S/C14H17N5O2/c15-10-11-2-3-12(21-11)13(20)18-6-8-19(9-7-18)14-16-4-1-5-17-14/h1-5H,6-10,15H2. The second kappa shape index (κ2) is 5.92. The van der Waals surface area contributed by atoms with Gasteiger partial charge in [-0.05, 0) is 18.2 Å². The number of aromatic nitrogens is 2. The number of nitrogens with zero attached hydrogens (tertiary/aromatic N) is 4. The fourth-order valence-electron chi connectivity index (χ4n) is 2.32. The fraction of sp³-hybridized carbons (Fsp3) is 0.357. The molecule has 0 atom stereocenters. The summed E-state index contributed by atoms with van der Waals surface area (Å²) >= 11 is 0. The molecule has 0 spiro atoms. The molecule has 7 nitrogen and oxygen atoms in total. The minimum atomic E-state index is -0.0941. The lowest BCUT2D eigenvalue weighted by molar-refractivity contribution is 0.0712. The van der Waals surface area contributed by atoms with Crippen LogP contribution in [0.1, 0.15) is 16.3 Å². The number of hydrogen-bond acceptors (Lipinski definition) is 6. The lowest BCUT2D eigenvalue weighted by Crippen LogP contribution is -2.49. The number of amides is 1. The number of furan rings is 1. The average molecular weight is 287 g/mol.